The van der Waals surface area contributed by atoms with Crippen molar-refractivity contribution in [3.05, 3.63) is 77.9 Å². The second kappa shape index (κ2) is 11.6. The molecular weight excluding hydrogens is 474 g/mol. The van der Waals surface area contributed by atoms with Crippen LogP contribution in [0.5, 0.6) is 0 Å². The molecule has 0 aliphatic rings. The van der Waals surface area contributed by atoms with Gasteiger partial charge in [-0.15, -0.1) is 0 Å². The topological polar surface area (TPSA) is 86.8 Å². The minimum atomic E-state index is -3.81. The zero-order valence-corrected chi connectivity index (χ0v) is 22.4. The number of carbonyl (C=O) groups is 2. The van der Waals surface area contributed by atoms with Crippen LogP contribution in [0.4, 0.5) is 5.69 Å². The molecule has 0 fully saturated rings. The summed E-state index contributed by atoms with van der Waals surface area (Å²) in [5, 5.41) is 4.51. The Bertz CT molecular complexity index is 1330. The molecule has 0 unspecified atom stereocenters. The molecule has 3 aromatic rings. The maximum atomic E-state index is 13.9. The van der Waals surface area contributed by atoms with Crippen molar-refractivity contribution in [1.29, 1.82) is 0 Å². The highest BCUT2D eigenvalue weighted by Crippen LogP contribution is 2.29. The molecule has 36 heavy (non-hydrogen) atoms. The fraction of sp³-hybridized carbons (Fsp3) is 0.357. The average molecular weight is 510 g/mol. The number of fused-ring (bicyclic) bond motifs is 1. The maximum Gasteiger partial charge on any atom is 0.244 e. The zero-order valence-electron chi connectivity index (χ0n) is 21.6. The van der Waals surface area contributed by atoms with Gasteiger partial charge in [-0.3, -0.25) is 13.9 Å². The first-order valence-corrected chi connectivity index (χ1v) is 14.0. The Hall–Kier alpha value is -3.39. The monoisotopic (exact) mass is 509 g/mol. The van der Waals surface area contributed by atoms with E-state index in [1.165, 1.54) is 4.90 Å². The Morgan fingerprint density at radius 1 is 0.944 bits per heavy atom. The van der Waals surface area contributed by atoms with Crippen molar-refractivity contribution < 1.29 is 18.0 Å². The Morgan fingerprint density at radius 3 is 2.22 bits per heavy atom. The Kier molecular flexibility index (Phi) is 8.74. The van der Waals surface area contributed by atoms with E-state index in [1.54, 1.807) is 12.1 Å². The van der Waals surface area contributed by atoms with Gasteiger partial charge in [0.15, 0.2) is 0 Å². The molecule has 2 amide bonds. The van der Waals surface area contributed by atoms with Gasteiger partial charge in [-0.05, 0) is 49.8 Å². The first kappa shape index (κ1) is 27.2. The number of hydrogen-bond acceptors (Lipinski definition) is 4. The van der Waals surface area contributed by atoms with E-state index in [4.69, 9.17) is 0 Å². The molecule has 0 spiro atoms. The van der Waals surface area contributed by atoms with Gasteiger partial charge >= 0.3 is 0 Å². The first-order chi connectivity index (χ1) is 17.0. The van der Waals surface area contributed by atoms with Crippen LogP contribution in [-0.2, 0) is 26.2 Å². The minimum absolute atomic E-state index is 0.0924. The molecule has 0 bridgehead atoms. The lowest BCUT2D eigenvalue weighted by Crippen LogP contribution is -2.53. The summed E-state index contributed by atoms with van der Waals surface area (Å²) in [5.74, 6) is -0.701. The number of carbonyl (C=O) groups excluding carboxylic acids is 2. The summed E-state index contributed by atoms with van der Waals surface area (Å²) in [4.78, 5) is 28.5. The molecule has 0 radical (unpaired) electrons. The zero-order chi connectivity index (χ0) is 26.5. The number of benzene rings is 3. The molecule has 0 saturated heterocycles. The summed E-state index contributed by atoms with van der Waals surface area (Å²) >= 11 is 0. The standard InChI is InChI=1S/C28H35N3O4S/c1-6-25(28(33)29-20(2)3)30(18-23-14-8-7-12-21(23)4)27(32)19-31(36(5,34)35)26-17-11-15-22-13-9-10-16-24(22)26/h7-17,20,25H,6,18-19H2,1-5H3,(H,29,33)/t25-/m1/s1. The van der Waals surface area contributed by atoms with Crippen molar-refractivity contribution in [2.75, 3.05) is 17.1 Å². The molecule has 8 heteroatoms. The van der Waals surface area contributed by atoms with Crippen LogP contribution in [0.2, 0.25) is 0 Å². The normalized spacial score (nSPS) is 12.4. The summed E-state index contributed by atoms with van der Waals surface area (Å²) in [6.45, 7) is 7.31. The third-order valence-electron chi connectivity index (χ3n) is 6.13. The van der Waals surface area contributed by atoms with E-state index in [-0.39, 0.29) is 18.5 Å². The molecule has 0 saturated carbocycles. The predicted molar refractivity (Wildman–Crippen MR) is 145 cm³/mol. The van der Waals surface area contributed by atoms with Crippen molar-refractivity contribution in [2.45, 2.75) is 52.7 Å². The van der Waals surface area contributed by atoms with E-state index in [9.17, 15) is 18.0 Å². The Labute approximate surface area is 214 Å². The Morgan fingerprint density at radius 2 is 1.58 bits per heavy atom. The fourth-order valence-electron chi connectivity index (χ4n) is 4.29. The van der Waals surface area contributed by atoms with Gasteiger partial charge in [-0.1, -0.05) is 67.6 Å². The number of rotatable bonds is 10. The van der Waals surface area contributed by atoms with Crippen molar-refractivity contribution in [2.24, 2.45) is 0 Å². The smallest absolute Gasteiger partial charge is 0.244 e. The number of amides is 2. The molecule has 0 aromatic heterocycles. The lowest BCUT2D eigenvalue weighted by atomic mass is 10.1. The highest BCUT2D eigenvalue weighted by molar-refractivity contribution is 7.92. The van der Waals surface area contributed by atoms with Crippen LogP contribution >= 0.6 is 0 Å². The van der Waals surface area contributed by atoms with E-state index in [0.717, 1.165) is 32.5 Å². The maximum absolute atomic E-state index is 13.9. The van der Waals surface area contributed by atoms with E-state index in [0.29, 0.717) is 12.1 Å². The number of hydrogen-bond donors (Lipinski definition) is 1. The lowest BCUT2D eigenvalue weighted by Gasteiger charge is -2.33. The molecule has 1 N–H and O–H groups in total. The molecule has 3 aromatic carbocycles. The minimum Gasteiger partial charge on any atom is -0.352 e. The summed E-state index contributed by atoms with van der Waals surface area (Å²) in [6.07, 6.45) is 1.49. The third-order valence-corrected chi connectivity index (χ3v) is 7.26. The predicted octanol–water partition coefficient (Wildman–Crippen LogP) is 4.25. The van der Waals surface area contributed by atoms with Crippen LogP contribution in [0.25, 0.3) is 10.8 Å². The van der Waals surface area contributed by atoms with Gasteiger partial charge in [0, 0.05) is 18.0 Å². The summed E-state index contributed by atoms with van der Waals surface area (Å²) in [6, 6.07) is 19.7. The molecule has 192 valence electrons. The van der Waals surface area contributed by atoms with Crippen LogP contribution in [0.1, 0.15) is 38.3 Å². The average Bonchev–Trinajstić information content (AvgIpc) is 2.82. The largest absolute Gasteiger partial charge is 0.352 e. The van der Waals surface area contributed by atoms with Crippen molar-refractivity contribution in [3.8, 4) is 0 Å². The van der Waals surface area contributed by atoms with Gasteiger partial charge in [0.05, 0.1) is 11.9 Å². The van der Waals surface area contributed by atoms with Crippen LogP contribution in [0.15, 0.2) is 66.7 Å². The molecule has 1 atom stereocenters. The Balaban J connectivity index is 2.04. The molecule has 0 heterocycles. The van der Waals surface area contributed by atoms with Gasteiger partial charge in [0.1, 0.15) is 12.6 Å². The summed E-state index contributed by atoms with van der Waals surface area (Å²) in [5.41, 5.74) is 2.32. The fourth-order valence-corrected chi connectivity index (χ4v) is 5.15. The van der Waals surface area contributed by atoms with Gasteiger partial charge < -0.3 is 10.2 Å². The number of sulfonamides is 1. The number of anilines is 1. The summed E-state index contributed by atoms with van der Waals surface area (Å²) in [7, 11) is -3.81. The van der Waals surface area contributed by atoms with E-state index >= 15 is 0 Å². The van der Waals surface area contributed by atoms with Crippen LogP contribution < -0.4 is 9.62 Å². The van der Waals surface area contributed by atoms with Crippen molar-refractivity contribution in [1.82, 2.24) is 10.2 Å². The molecular formula is C28H35N3O4S. The quantitative estimate of drug-likeness (QED) is 0.443. The van der Waals surface area contributed by atoms with Crippen molar-refractivity contribution >= 4 is 38.3 Å². The van der Waals surface area contributed by atoms with E-state index in [1.807, 2.05) is 82.3 Å². The molecule has 3 rings (SSSR count). The number of nitrogens with one attached hydrogen (secondary N) is 1. The lowest BCUT2D eigenvalue weighted by molar-refractivity contribution is -0.140. The van der Waals surface area contributed by atoms with Crippen LogP contribution in [0.3, 0.4) is 0 Å². The SMILES string of the molecule is CC[C@H](C(=O)NC(C)C)N(Cc1ccccc1C)C(=O)CN(c1cccc2ccccc12)S(C)(=O)=O. The molecule has 7 nitrogen and oxygen atoms in total. The molecule has 0 aliphatic heterocycles. The van der Waals surface area contributed by atoms with Crippen molar-refractivity contribution in [3.63, 3.8) is 0 Å². The van der Waals surface area contributed by atoms with Crippen LogP contribution in [0, 0.1) is 6.92 Å². The van der Waals surface area contributed by atoms with Gasteiger partial charge in [-0.2, -0.15) is 0 Å². The highest BCUT2D eigenvalue weighted by atomic mass is 32.2. The number of nitrogens with zero attached hydrogens (tertiary/aromatic N) is 2. The molecule has 0 aliphatic carbocycles. The number of aryl methyl sites for hydroxylation is 1. The summed E-state index contributed by atoms with van der Waals surface area (Å²) < 4.78 is 27.0. The second-order valence-electron chi connectivity index (χ2n) is 9.30. The van der Waals surface area contributed by atoms with Gasteiger partial charge in [0.25, 0.3) is 0 Å². The highest BCUT2D eigenvalue weighted by Gasteiger charge is 2.32. The third kappa shape index (κ3) is 6.43. The van der Waals surface area contributed by atoms with E-state index < -0.39 is 28.5 Å². The first-order valence-electron chi connectivity index (χ1n) is 12.1. The van der Waals surface area contributed by atoms with Gasteiger partial charge in [-0.25, -0.2) is 8.42 Å². The second-order valence-corrected chi connectivity index (χ2v) is 11.2. The van der Waals surface area contributed by atoms with Gasteiger partial charge in [0.2, 0.25) is 21.8 Å². The van der Waals surface area contributed by atoms with Crippen LogP contribution in [-0.4, -0.2) is 50.0 Å². The van der Waals surface area contributed by atoms with E-state index in [2.05, 4.69) is 5.32 Å².